The molecular formula is C22H24N2O5. The van der Waals surface area contributed by atoms with Crippen molar-refractivity contribution in [2.24, 2.45) is 0 Å². The Balaban J connectivity index is 1.61. The maximum absolute atomic E-state index is 12.5. The van der Waals surface area contributed by atoms with Gasteiger partial charge in [-0.25, -0.2) is 0 Å². The van der Waals surface area contributed by atoms with Crippen molar-refractivity contribution in [1.82, 2.24) is 10.1 Å². The molecule has 1 aromatic heterocycles. The van der Waals surface area contributed by atoms with Gasteiger partial charge in [0.2, 0.25) is 5.91 Å². The molecule has 0 aliphatic rings. The monoisotopic (exact) mass is 396 g/mol. The molecule has 0 aliphatic heterocycles. The highest BCUT2D eigenvalue weighted by Crippen LogP contribution is 2.25. The third kappa shape index (κ3) is 5.14. The number of amides is 1. The van der Waals surface area contributed by atoms with Gasteiger partial charge in [-0.3, -0.25) is 4.79 Å². The topological polar surface area (TPSA) is 85.0 Å². The van der Waals surface area contributed by atoms with Crippen LogP contribution in [0, 0.1) is 0 Å². The Kier molecular flexibility index (Phi) is 6.51. The average Bonchev–Trinajstić information content (AvgIpc) is 3.22. The van der Waals surface area contributed by atoms with Crippen LogP contribution in [0.15, 0.2) is 59.1 Å². The van der Waals surface area contributed by atoms with Crippen LogP contribution in [0.5, 0.6) is 11.5 Å². The summed E-state index contributed by atoms with van der Waals surface area (Å²) in [6.07, 6.45) is -0.738. The van der Waals surface area contributed by atoms with Crippen LogP contribution in [-0.2, 0) is 11.2 Å². The molecule has 7 heteroatoms. The zero-order valence-corrected chi connectivity index (χ0v) is 16.7. The Hall–Kier alpha value is -3.32. The minimum atomic E-state index is -0.816. The highest BCUT2D eigenvalue weighted by atomic mass is 16.5. The van der Waals surface area contributed by atoms with Crippen molar-refractivity contribution in [3.8, 4) is 22.8 Å². The van der Waals surface area contributed by atoms with Gasteiger partial charge >= 0.3 is 0 Å². The van der Waals surface area contributed by atoms with Gasteiger partial charge in [0.1, 0.15) is 11.5 Å². The van der Waals surface area contributed by atoms with Crippen LogP contribution >= 0.6 is 0 Å². The van der Waals surface area contributed by atoms with Crippen LogP contribution < -0.4 is 9.47 Å². The molecule has 0 fully saturated rings. The summed E-state index contributed by atoms with van der Waals surface area (Å²) in [7, 11) is 4.81. The number of hydrogen-bond acceptors (Lipinski definition) is 6. The summed E-state index contributed by atoms with van der Waals surface area (Å²) in [4.78, 5) is 14.0. The molecule has 29 heavy (non-hydrogen) atoms. The molecule has 0 saturated heterocycles. The first-order chi connectivity index (χ1) is 14.0. The molecule has 1 unspecified atom stereocenters. The van der Waals surface area contributed by atoms with Crippen LogP contribution in [0.25, 0.3) is 11.3 Å². The maximum atomic E-state index is 12.5. The quantitative estimate of drug-likeness (QED) is 0.630. The second kappa shape index (κ2) is 9.25. The number of benzene rings is 2. The lowest BCUT2D eigenvalue weighted by Crippen LogP contribution is -2.32. The largest absolute Gasteiger partial charge is 0.497 e. The second-order valence-electron chi connectivity index (χ2n) is 6.66. The lowest BCUT2D eigenvalue weighted by molar-refractivity contribution is -0.130. The molecule has 3 rings (SSSR count). The van der Waals surface area contributed by atoms with Crippen LogP contribution in [0.3, 0.4) is 0 Å². The van der Waals surface area contributed by atoms with Gasteiger partial charge in [-0.05, 0) is 29.8 Å². The summed E-state index contributed by atoms with van der Waals surface area (Å²) in [6, 6.07) is 16.3. The Bertz CT molecular complexity index is 969. The Morgan fingerprint density at radius 1 is 1.10 bits per heavy atom. The number of likely N-dealkylation sites (N-methyl/N-ethyl adjacent to an activating group) is 1. The maximum Gasteiger partial charge on any atom is 0.228 e. The molecule has 7 nitrogen and oxygen atoms in total. The van der Waals surface area contributed by atoms with E-state index in [1.807, 2.05) is 24.3 Å². The molecule has 1 N–H and O–H groups in total. The van der Waals surface area contributed by atoms with Crippen LogP contribution in [0.2, 0.25) is 0 Å². The summed E-state index contributed by atoms with van der Waals surface area (Å²) in [5.74, 6) is 1.76. The number of ether oxygens (including phenoxy) is 2. The van der Waals surface area contributed by atoms with Gasteiger partial charge < -0.3 is 24.0 Å². The fourth-order valence-electron chi connectivity index (χ4n) is 2.91. The van der Waals surface area contributed by atoms with Crippen molar-refractivity contribution in [3.63, 3.8) is 0 Å². The molecule has 0 bridgehead atoms. The van der Waals surface area contributed by atoms with E-state index in [0.717, 1.165) is 5.56 Å². The zero-order valence-electron chi connectivity index (χ0n) is 16.7. The first kappa shape index (κ1) is 20.4. The Labute approximate surface area is 169 Å². The van der Waals surface area contributed by atoms with Gasteiger partial charge in [0.05, 0.1) is 39.0 Å². The molecule has 1 heterocycles. The van der Waals surface area contributed by atoms with Crippen molar-refractivity contribution < 1.29 is 23.9 Å². The predicted molar refractivity (Wildman–Crippen MR) is 108 cm³/mol. The molecule has 0 radical (unpaired) electrons. The van der Waals surface area contributed by atoms with Gasteiger partial charge in [-0.2, -0.15) is 0 Å². The Morgan fingerprint density at radius 3 is 2.52 bits per heavy atom. The van der Waals surface area contributed by atoms with E-state index < -0.39 is 6.10 Å². The van der Waals surface area contributed by atoms with E-state index >= 15 is 0 Å². The molecule has 152 valence electrons. The van der Waals surface area contributed by atoms with Crippen molar-refractivity contribution in [2.45, 2.75) is 12.5 Å². The van der Waals surface area contributed by atoms with E-state index in [0.29, 0.717) is 28.5 Å². The first-order valence-corrected chi connectivity index (χ1v) is 9.16. The summed E-state index contributed by atoms with van der Waals surface area (Å²) in [5, 5.41) is 14.4. The summed E-state index contributed by atoms with van der Waals surface area (Å²) >= 11 is 0. The number of aliphatic hydroxyl groups excluding tert-OH is 1. The zero-order chi connectivity index (χ0) is 20.8. The van der Waals surface area contributed by atoms with E-state index in [1.54, 1.807) is 51.6 Å². The summed E-state index contributed by atoms with van der Waals surface area (Å²) in [5.41, 5.74) is 2.03. The average molecular weight is 396 g/mol. The number of carbonyl (C=O) groups is 1. The third-order valence-electron chi connectivity index (χ3n) is 4.60. The fraction of sp³-hybridized carbons (Fsp3) is 0.273. The number of methoxy groups -OCH3 is 2. The van der Waals surface area contributed by atoms with Crippen molar-refractivity contribution in [1.29, 1.82) is 0 Å². The van der Waals surface area contributed by atoms with E-state index in [4.69, 9.17) is 14.0 Å². The summed E-state index contributed by atoms with van der Waals surface area (Å²) < 4.78 is 15.8. The number of carbonyl (C=O) groups excluding carboxylic acids is 1. The van der Waals surface area contributed by atoms with Gasteiger partial charge in [0.15, 0.2) is 5.76 Å². The molecule has 2 aromatic carbocycles. The standard InChI is InChI=1S/C22H24N2O5/c1-24(14-20(25)15-6-4-8-18(10-15)27-2)22(26)13-17-12-21(29-23-17)16-7-5-9-19(11-16)28-3/h4-12,20,25H,13-14H2,1-3H3. The number of nitrogens with zero attached hydrogens (tertiary/aromatic N) is 2. The highest BCUT2D eigenvalue weighted by molar-refractivity contribution is 5.78. The normalized spacial score (nSPS) is 11.7. The third-order valence-corrected chi connectivity index (χ3v) is 4.60. The van der Waals surface area contributed by atoms with E-state index in [9.17, 15) is 9.90 Å². The minimum absolute atomic E-state index is 0.0782. The highest BCUT2D eigenvalue weighted by Gasteiger charge is 2.18. The van der Waals surface area contributed by atoms with Crippen LogP contribution in [0.4, 0.5) is 0 Å². The number of aliphatic hydroxyl groups is 1. The van der Waals surface area contributed by atoms with Crippen molar-refractivity contribution in [3.05, 3.63) is 65.9 Å². The first-order valence-electron chi connectivity index (χ1n) is 9.16. The van der Waals surface area contributed by atoms with E-state index in [-0.39, 0.29) is 18.9 Å². The van der Waals surface area contributed by atoms with Gasteiger partial charge in [-0.1, -0.05) is 29.4 Å². The predicted octanol–water partition coefficient (Wildman–Crippen LogP) is 3.09. The second-order valence-corrected chi connectivity index (χ2v) is 6.66. The lowest BCUT2D eigenvalue weighted by atomic mass is 10.1. The van der Waals surface area contributed by atoms with E-state index in [2.05, 4.69) is 5.16 Å². The van der Waals surface area contributed by atoms with Crippen molar-refractivity contribution >= 4 is 5.91 Å². The number of aromatic nitrogens is 1. The fourth-order valence-corrected chi connectivity index (χ4v) is 2.91. The molecule has 1 amide bonds. The van der Waals surface area contributed by atoms with Gasteiger partial charge in [0.25, 0.3) is 0 Å². The van der Waals surface area contributed by atoms with E-state index in [1.165, 1.54) is 4.90 Å². The van der Waals surface area contributed by atoms with Crippen LogP contribution in [0.1, 0.15) is 17.4 Å². The molecule has 1 atom stereocenters. The molecule has 0 aliphatic carbocycles. The van der Waals surface area contributed by atoms with Gasteiger partial charge in [0, 0.05) is 18.7 Å². The Morgan fingerprint density at radius 2 is 1.79 bits per heavy atom. The molecular weight excluding hydrogens is 372 g/mol. The number of hydrogen-bond donors (Lipinski definition) is 1. The smallest absolute Gasteiger partial charge is 0.228 e. The molecule has 0 spiro atoms. The number of rotatable bonds is 8. The summed E-state index contributed by atoms with van der Waals surface area (Å²) in [6.45, 7) is 0.159. The lowest BCUT2D eigenvalue weighted by Gasteiger charge is -2.21. The van der Waals surface area contributed by atoms with Crippen molar-refractivity contribution in [2.75, 3.05) is 27.8 Å². The van der Waals surface area contributed by atoms with Crippen LogP contribution in [-0.4, -0.2) is 48.9 Å². The molecule has 0 saturated carbocycles. The minimum Gasteiger partial charge on any atom is -0.497 e. The molecule has 3 aromatic rings. The SMILES string of the molecule is COc1cccc(-c2cc(CC(=O)N(C)CC(O)c3cccc(OC)c3)no2)c1. The van der Waals surface area contributed by atoms with Gasteiger partial charge in [-0.15, -0.1) is 0 Å².